The Morgan fingerprint density at radius 2 is 1.82 bits per heavy atom. The second-order valence-corrected chi connectivity index (χ2v) is 4.57. The minimum Gasteiger partial charge on any atom is -0.465 e. The molecule has 0 aliphatic heterocycles. The van der Waals surface area contributed by atoms with Gasteiger partial charge >= 0.3 is 5.97 Å². The molecule has 0 atom stereocenters. The molecule has 1 N–H and O–H groups in total. The lowest BCUT2D eigenvalue weighted by molar-refractivity contribution is 0.0600. The van der Waals surface area contributed by atoms with Gasteiger partial charge in [-0.25, -0.2) is 4.79 Å². The van der Waals surface area contributed by atoms with Crippen molar-refractivity contribution in [2.24, 2.45) is 0 Å². The summed E-state index contributed by atoms with van der Waals surface area (Å²) in [7, 11) is 1.36. The number of ether oxygens (including phenoxy) is 1. The topological polar surface area (TPSA) is 46.5 Å². The van der Waals surface area contributed by atoms with Crippen LogP contribution in [-0.2, 0) is 11.3 Å². The molecular formula is C19H16O3. The van der Waals surface area contributed by atoms with Crippen molar-refractivity contribution < 1.29 is 14.6 Å². The molecule has 0 amide bonds. The van der Waals surface area contributed by atoms with Gasteiger partial charge in [0.05, 0.1) is 19.3 Å². The molecule has 0 aliphatic rings. The molecule has 0 saturated heterocycles. The maximum absolute atomic E-state index is 11.3. The van der Waals surface area contributed by atoms with Gasteiger partial charge in [0.25, 0.3) is 0 Å². The Morgan fingerprint density at radius 3 is 2.41 bits per heavy atom. The van der Waals surface area contributed by atoms with E-state index in [1.807, 2.05) is 42.5 Å². The summed E-state index contributed by atoms with van der Waals surface area (Å²) >= 11 is 0. The molecule has 0 fully saturated rings. The van der Waals surface area contributed by atoms with Crippen molar-refractivity contribution >= 4 is 12.0 Å². The van der Waals surface area contributed by atoms with Crippen LogP contribution in [0.5, 0.6) is 0 Å². The van der Waals surface area contributed by atoms with Gasteiger partial charge in [0.2, 0.25) is 0 Å². The predicted molar refractivity (Wildman–Crippen MR) is 86.1 cm³/mol. The van der Waals surface area contributed by atoms with E-state index in [1.165, 1.54) is 7.11 Å². The van der Waals surface area contributed by atoms with E-state index in [0.29, 0.717) is 5.56 Å². The maximum Gasteiger partial charge on any atom is 0.337 e. The van der Waals surface area contributed by atoms with Gasteiger partial charge in [-0.1, -0.05) is 36.1 Å². The average Bonchev–Trinajstić information content (AvgIpc) is 2.59. The number of methoxy groups -OCH3 is 1. The number of benzene rings is 2. The quantitative estimate of drug-likeness (QED) is 0.698. The number of rotatable bonds is 3. The summed E-state index contributed by atoms with van der Waals surface area (Å²) in [4.78, 5) is 11.3. The van der Waals surface area contributed by atoms with Crippen LogP contribution >= 0.6 is 0 Å². The molecule has 0 aromatic heterocycles. The number of esters is 1. The summed E-state index contributed by atoms with van der Waals surface area (Å²) < 4.78 is 4.65. The van der Waals surface area contributed by atoms with E-state index in [4.69, 9.17) is 5.11 Å². The molecule has 3 heteroatoms. The van der Waals surface area contributed by atoms with Gasteiger partial charge in [0, 0.05) is 5.56 Å². The zero-order chi connectivity index (χ0) is 15.8. The third-order valence-corrected chi connectivity index (χ3v) is 3.04. The lowest BCUT2D eigenvalue weighted by Crippen LogP contribution is -2.00. The van der Waals surface area contributed by atoms with Crippen LogP contribution in [0.4, 0.5) is 0 Å². The van der Waals surface area contributed by atoms with Gasteiger partial charge < -0.3 is 9.84 Å². The normalized spacial score (nSPS) is 10.1. The first kappa shape index (κ1) is 15.6. The summed E-state index contributed by atoms with van der Waals surface area (Å²) in [5, 5.41) is 8.96. The highest BCUT2D eigenvalue weighted by molar-refractivity contribution is 5.89. The Kier molecular flexibility index (Phi) is 5.53. The fourth-order valence-electron chi connectivity index (χ4n) is 1.80. The number of hydrogen-bond donors (Lipinski definition) is 1. The molecule has 2 aromatic rings. The Labute approximate surface area is 129 Å². The van der Waals surface area contributed by atoms with E-state index in [0.717, 1.165) is 16.7 Å². The monoisotopic (exact) mass is 292 g/mol. The fraction of sp³-hybridized carbons (Fsp3) is 0.105. The highest BCUT2D eigenvalue weighted by Crippen LogP contribution is 2.07. The van der Waals surface area contributed by atoms with Gasteiger partial charge in [-0.05, 0) is 47.5 Å². The first-order valence-corrected chi connectivity index (χ1v) is 6.79. The number of aliphatic hydroxyl groups is 1. The number of carbonyl (C=O) groups is 1. The number of allylic oxidation sites excluding steroid dienone is 1. The molecule has 0 radical (unpaired) electrons. The van der Waals surface area contributed by atoms with Gasteiger partial charge in [0.1, 0.15) is 0 Å². The minimum atomic E-state index is -0.346. The van der Waals surface area contributed by atoms with E-state index in [2.05, 4.69) is 16.6 Å². The van der Waals surface area contributed by atoms with Crippen LogP contribution in [0.15, 0.2) is 54.6 Å². The van der Waals surface area contributed by atoms with Gasteiger partial charge in [-0.3, -0.25) is 0 Å². The van der Waals surface area contributed by atoms with Gasteiger partial charge in [0.15, 0.2) is 0 Å². The Morgan fingerprint density at radius 1 is 1.14 bits per heavy atom. The number of hydrogen-bond acceptors (Lipinski definition) is 3. The van der Waals surface area contributed by atoms with E-state index in [1.54, 1.807) is 18.2 Å². The van der Waals surface area contributed by atoms with Crippen LogP contribution in [0.1, 0.15) is 27.0 Å². The molecule has 0 heterocycles. The smallest absolute Gasteiger partial charge is 0.337 e. The molecule has 0 unspecified atom stereocenters. The SMILES string of the molecule is COC(=O)c1ccc(C=CC#Cc2ccc(CO)cc2)cc1. The van der Waals surface area contributed by atoms with Gasteiger partial charge in [-0.15, -0.1) is 0 Å². The second-order valence-electron chi connectivity index (χ2n) is 4.57. The second kappa shape index (κ2) is 7.82. The van der Waals surface area contributed by atoms with Crippen LogP contribution in [0, 0.1) is 11.8 Å². The van der Waals surface area contributed by atoms with Crippen molar-refractivity contribution in [3.8, 4) is 11.8 Å². The zero-order valence-electron chi connectivity index (χ0n) is 12.2. The molecule has 2 rings (SSSR count). The molecule has 3 nitrogen and oxygen atoms in total. The standard InChI is InChI=1S/C19H16O3/c1-22-19(21)18-12-10-16(11-13-18)5-3-2-4-15-6-8-17(14-20)9-7-15/h3,5-13,20H,14H2,1H3. The van der Waals surface area contributed by atoms with E-state index in [-0.39, 0.29) is 12.6 Å². The fourth-order valence-corrected chi connectivity index (χ4v) is 1.80. The van der Waals surface area contributed by atoms with Crippen LogP contribution in [-0.4, -0.2) is 18.2 Å². The summed E-state index contributed by atoms with van der Waals surface area (Å²) in [6.45, 7) is 0.0369. The van der Waals surface area contributed by atoms with Crippen molar-refractivity contribution in [1.82, 2.24) is 0 Å². The van der Waals surface area contributed by atoms with Crippen LogP contribution in [0.3, 0.4) is 0 Å². The molecule has 110 valence electrons. The predicted octanol–water partition coefficient (Wildman–Crippen LogP) is 3.03. The lowest BCUT2D eigenvalue weighted by atomic mass is 10.1. The highest BCUT2D eigenvalue weighted by atomic mass is 16.5. The van der Waals surface area contributed by atoms with Crippen molar-refractivity contribution in [1.29, 1.82) is 0 Å². The molecule has 0 bridgehead atoms. The summed E-state index contributed by atoms with van der Waals surface area (Å²) in [6, 6.07) is 14.5. The summed E-state index contributed by atoms with van der Waals surface area (Å²) in [5.74, 6) is 5.62. The minimum absolute atomic E-state index is 0.0369. The van der Waals surface area contributed by atoms with Crippen LogP contribution in [0.25, 0.3) is 6.08 Å². The number of carbonyl (C=O) groups excluding carboxylic acids is 1. The van der Waals surface area contributed by atoms with E-state index < -0.39 is 0 Å². The molecule has 0 spiro atoms. The zero-order valence-corrected chi connectivity index (χ0v) is 12.2. The van der Waals surface area contributed by atoms with Crippen molar-refractivity contribution in [3.63, 3.8) is 0 Å². The molecular weight excluding hydrogens is 276 g/mol. The van der Waals surface area contributed by atoms with Gasteiger partial charge in [-0.2, -0.15) is 0 Å². The van der Waals surface area contributed by atoms with Crippen LogP contribution in [0.2, 0.25) is 0 Å². The molecule has 0 aliphatic carbocycles. The molecule has 0 saturated carbocycles. The Bertz CT molecular complexity index is 714. The average molecular weight is 292 g/mol. The number of aliphatic hydroxyl groups excluding tert-OH is 1. The first-order chi connectivity index (χ1) is 10.7. The lowest BCUT2D eigenvalue weighted by Gasteiger charge is -1.98. The summed E-state index contributed by atoms with van der Waals surface area (Å²) in [6.07, 6.45) is 3.63. The largest absolute Gasteiger partial charge is 0.465 e. The van der Waals surface area contributed by atoms with E-state index >= 15 is 0 Å². The maximum atomic E-state index is 11.3. The third-order valence-electron chi connectivity index (χ3n) is 3.04. The highest BCUT2D eigenvalue weighted by Gasteiger charge is 2.02. The van der Waals surface area contributed by atoms with Crippen molar-refractivity contribution in [2.45, 2.75) is 6.61 Å². The van der Waals surface area contributed by atoms with E-state index in [9.17, 15) is 4.79 Å². The Hall–Kier alpha value is -2.83. The third kappa shape index (κ3) is 4.34. The molecule has 22 heavy (non-hydrogen) atoms. The van der Waals surface area contributed by atoms with Crippen molar-refractivity contribution in [3.05, 3.63) is 76.9 Å². The molecule has 2 aromatic carbocycles. The summed E-state index contributed by atoms with van der Waals surface area (Å²) in [5.41, 5.74) is 3.24. The van der Waals surface area contributed by atoms with Crippen LogP contribution < -0.4 is 0 Å². The first-order valence-electron chi connectivity index (χ1n) is 6.79. The van der Waals surface area contributed by atoms with Crippen molar-refractivity contribution in [2.75, 3.05) is 7.11 Å². The Balaban J connectivity index is 2.00.